The van der Waals surface area contributed by atoms with Crippen LogP contribution in [0.5, 0.6) is 0 Å². The Kier molecular flexibility index (Phi) is 6.74. The third kappa shape index (κ3) is 5.34. The van der Waals surface area contributed by atoms with Crippen molar-refractivity contribution in [3.8, 4) is 0 Å². The van der Waals surface area contributed by atoms with Gasteiger partial charge in [-0.2, -0.15) is 0 Å². The Morgan fingerprint density at radius 3 is 2.50 bits per heavy atom. The molecule has 0 aromatic rings. The van der Waals surface area contributed by atoms with E-state index in [9.17, 15) is 9.00 Å². The second-order valence-electron chi connectivity index (χ2n) is 3.37. The Balaban J connectivity index is 3.69. The average molecular weight is 220 g/mol. The summed E-state index contributed by atoms with van der Waals surface area (Å²) in [7, 11) is -0.813. The topological polar surface area (TPSA) is 72.2 Å². The molecule has 0 radical (unpaired) electrons. The summed E-state index contributed by atoms with van der Waals surface area (Å²) in [6, 6.07) is -0.147. The maximum absolute atomic E-state index is 11.4. The molecule has 0 saturated heterocycles. The Bertz CT molecular complexity index is 207. The van der Waals surface area contributed by atoms with Crippen molar-refractivity contribution >= 4 is 16.7 Å². The second-order valence-corrected chi connectivity index (χ2v) is 5.24. The highest BCUT2D eigenvalue weighted by molar-refractivity contribution is 7.84. The Morgan fingerprint density at radius 2 is 2.07 bits per heavy atom. The fraction of sp³-hybridized carbons (Fsp3) is 0.889. The Hall–Kier alpha value is -0.420. The summed E-state index contributed by atoms with van der Waals surface area (Å²) in [6.45, 7) is 5.92. The molecule has 84 valence electrons. The van der Waals surface area contributed by atoms with Crippen LogP contribution in [-0.2, 0) is 15.6 Å². The van der Waals surface area contributed by atoms with Crippen molar-refractivity contribution in [1.82, 2.24) is 5.32 Å². The zero-order valence-corrected chi connectivity index (χ0v) is 9.89. The van der Waals surface area contributed by atoms with Gasteiger partial charge >= 0.3 is 0 Å². The lowest BCUT2D eigenvalue weighted by Crippen LogP contribution is -2.39. The van der Waals surface area contributed by atoms with Gasteiger partial charge in [-0.15, -0.1) is 0 Å². The summed E-state index contributed by atoms with van der Waals surface area (Å²) >= 11 is 0. The van der Waals surface area contributed by atoms with Gasteiger partial charge in [0, 0.05) is 40.8 Å². The highest BCUT2D eigenvalue weighted by Crippen LogP contribution is 1.98. The van der Waals surface area contributed by atoms with E-state index in [1.54, 1.807) is 13.8 Å². The lowest BCUT2D eigenvalue weighted by molar-refractivity contribution is -0.124. The molecule has 0 fully saturated rings. The van der Waals surface area contributed by atoms with Crippen LogP contribution < -0.4 is 11.1 Å². The first-order valence-corrected chi connectivity index (χ1v) is 6.36. The zero-order valence-electron chi connectivity index (χ0n) is 9.08. The molecule has 0 rings (SSSR count). The van der Waals surface area contributed by atoms with Crippen molar-refractivity contribution < 1.29 is 9.00 Å². The van der Waals surface area contributed by atoms with Crippen LogP contribution in [-0.4, -0.2) is 34.2 Å². The number of carbonyl (C=O) groups excluding carboxylic acids is 1. The highest BCUT2D eigenvalue weighted by Gasteiger charge is 2.16. The van der Waals surface area contributed by atoms with Crippen LogP contribution in [0.15, 0.2) is 0 Å². The largest absolute Gasteiger partial charge is 0.355 e. The number of hydrogen-bond donors (Lipinski definition) is 2. The van der Waals surface area contributed by atoms with Crippen LogP contribution in [0.1, 0.15) is 20.8 Å². The maximum atomic E-state index is 11.4. The number of amides is 1. The van der Waals surface area contributed by atoms with Crippen molar-refractivity contribution in [3.63, 3.8) is 0 Å². The first-order chi connectivity index (χ1) is 6.49. The highest BCUT2D eigenvalue weighted by atomic mass is 32.2. The molecule has 4 nitrogen and oxygen atoms in total. The summed E-state index contributed by atoms with van der Waals surface area (Å²) < 4.78 is 11.0. The Labute approximate surface area is 88.1 Å². The molecule has 0 aliphatic carbocycles. The van der Waals surface area contributed by atoms with Crippen LogP contribution in [0.3, 0.4) is 0 Å². The first-order valence-electron chi connectivity index (χ1n) is 4.87. The molecule has 0 saturated carbocycles. The molecule has 3 atom stereocenters. The van der Waals surface area contributed by atoms with Crippen LogP contribution in [0.25, 0.3) is 0 Å². The molecule has 14 heavy (non-hydrogen) atoms. The molecule has 0 aromatic heterocycles. The van der Waals surface area contributed by atoms with Crippen molar-refractivity contribution in [2.45, 2.75) is 26.8 Å². The minimum atomic E-state index is -0.813. The van der Waals surface area contributed by atoms with Gasteiger partial charge in [0.05, 0.1) is 0 Å². The van der Waals surface area contributed by atoms with Gasteiger partial charge in [-0.3, -0.25) is 9.00 Å². The van der Waals surface area contributed by atoms with Gasteiger partial charge in [-0.05, 0) is 6.92 Å². The number of rotatable bonds is 6. The Morgan fingerprint density at radius 1 is 1.50 bits per heavy atom. The fourth-order valence-corrected chi connectivity index (χ4v) is 1.45. The van der Waals surface area contributed by atoms with Gasteiger partial charge in [0.2, 0.25) is 5.91 Å². The lowest BCUT2D eigenvalue weighted by atomic mass is 10.0. The summed E-state index contributed by atoms with van der Waals surface area (Å²) in [5, 5.41) is 2.72. The minimum Gasteiger partial charge on any atom is -0.355 e. The third-order valence-electron chi connectivity index (χ3n) is 2.15. The van der Waals surface area contributed by atoms with Crippen LogP contribution in [0, 0.1) is 5.92 Å². The van der Waals surface area contributed by atoms with Crippen molar-refractivity contribution in [3.05, 3.63) is 0 Å². The normalized spacial score (nSPS) is 17.1. The molecular formula is C9H20N2O2S. The van der Waals surface area contributed by atoms with E-state index in [-0.39, 0.29) is 17.9 Å². The van der Waals surface area contributed by atoms with E-state index in [4.69, 9.17) is 5.73 Å². The average Bonchev–Trinajstić information content (AvgIpc) is 2.15. The van der Waals surface area contributed by atoms with E-state index >= 15 is 0 Å². The number of nitrogens with two attached hydrogens (primary N) is 1. The maximum Gasteiger partial charge on any atom is 0.224 e. The summed E-state index contributed by atoms with van der Waals surface area (Å²) in [6.07, 6.45) is 0. The molecule has 1 amide bonds. The van der Waals surface area contributed by atoms with Crippen molar-refractivity contribution in [2.75, 3.05) is 18.1 Å². The second kappa shape index (κ2) is 6.95. The lowest BCUT2D eigenvalue weighted by Gasteiger charge is -2.14. The van der Waals surface area contributed by atoms with E-state index in [0.717, 1.165) is 0 Å². The molecule has 0 aliphatic heterocycles. The van der Waals surface area contributed by atoms with E-state index < -0.39 is 10.8 Å². The molecular weight excluding hydrogens is 200 g/mol. The SMILES string of the molecule is CCS(=O)CCNC(=O)C(C)C(C)N. The quantitative estimate of drug-likeness (QED) is 0.654. The van der Waals surface area contributed by atoms with Crippen LogP contribution in [0.4, 0.5) is 0 Å². The van der Waals surface area contributed by atoms with Crippen molar-refractivity contribution in [1.29, 1.82) is 0 Å². The van der Waals surface area contributed by atoms with Crippen molar-refractivity contribution in [2.24, 2.45) is 11.7 Å². The van der Waals surface area contributed by atoms with Gasteiger partial charge in [-0.25, -0.2) is 0 Å². The molecule has 0 heterocycles. The molecule has 3 N–H and O–H groups in total. The van der Waals surface area contributed by atoms with E-state index in [2.05, 4.69) is 5.32 Å². The van der Waals surface area contributed by atoms with Crippen LogP contribution in [0.2, 0.25) is 0 Å². The summed E-state index contributed by atoms with van der Waals surface area (Å²) in [5.41, 5.74) is 5.57. The zero-order chi connectivity index (χ0) is 11.1. The van der Waals surface area contributed by atoms with Gasteiger partial charge in [0.25, 0.3) is 0 Å². The summed E-state index contributed by atoms with van der Waals surface area (Å²) in [5.74, 6) is 0.908. The smallest absolute Gasteiger partial charge is 0.224 e. The number of hydrogen-bond acceptors (Lipinski definition) is 3. The monoisotopic (exact) mass is 220 g/mol. The molecule has 3 unspecified atom stereocenters. The molecule has 0 aliphatic rings. The summed E-state index contributed by atoms with van der Waals surface area (Å²) in [4.78, 5) is 11.4. The number of nitrogens with one attached hydrogen (secondary N) is 1. The minimum absolute atomic E-state index is 0.0619. The molecule has 0 bridgehead atoms. The van der Waals surface area contributed by atoms with Gasteiger partial charge in [0.15, 0.2) is 0 Å². The number of carbonyl (C=O) groups is 1. The standard InChI is InChI=1S/C9H20N2O2S/c1-4-14(13)6-5-11-9(12)7(2)8(3)10/h7-8H,4-6,10H2,1-3H3,(H,11,12). The van der Waals surface area contributed by atoms with Gasteiger partial charge < -0.3 is 11.1 Å². The third-order valence-corrected chi connectivity index (χ3v) is 3.46. The predicted octanol–water partition coefficient (Wildman–Crippen LogP) is -0.145. The molecule has 0 aromatic carbocycles. The van der Waals surface area contributed by atoms with E-state index in [0.29, 0.717) is 18.1 Å². The molecule has 5 heteroatoms. The van der Waals surface area contributed by atoms with Gasteiger partial charge in [0.1, 0.15) is 0 Å². The van der Waals surface area contributed by atoms with E-state index in [1.165, 1.54) is 0 Å². The first kappa shape index (κ1) is 13.6. The van der Waals surface area contributed by atoms with Crippen LogP contribution >= 0.6 is 0 Å². The predicted molar refractivity (Wildman–Crippen MR) is 59.4 cm³/mol. The fourth-order valence-electron chi connectivity index (χ4n) is 0.832. The molecule has 0 spiro atoms. The van der Waals surface area contributed by atoms with E-state index in [1.807, 2.05) is 6.92 Å². The van der Waals surface area contributed by atoms with Gasteiger partial charge in [-0.1, -0.05) is 13.8 Å².